The maximum atomic E-state index is 11.2. The third-order valence-electron chi connectivity index (χ3n) is 3.10. The van der Waals surface area contributed by atoms with Crippen molar-refractivity contribution in [3.8, 4) is 11.5 Å². The molecule has 0 spiro atoms. The van der Waals surface area contributed by atoms with Crippen molar-refractivity contribution < 1.29 is 19.4 Å². The first-order chi connectivity index (χ1) is 10.1. The van der Waals surface area contributed by atoms with Gasteiger partial charge in [-0.15, -0.1) is 0 Å². The Bertz CT molecular complexity index is 652. The average Bonchev–Trinajstić information content (AvgIpc) is 2.85. The highest BCUT2D eigenvalue weighted by atomic mass is 16.5. The molecule has 112 valence electrons. The predicted molar refractivity (Wildman–Crippen MR) is 77.0 cm³/mol. The molecule has 7 heteroatoms. The largest absolute Gasteiger partial charge is 0.493 e. The molecule has 0 saturated carbocycles. The zero-order valence-electron chi connectivity index (χ0n) is 12.1. The highest BCUT2D eigenvalue weighted by molar-refractivity contribution is 5.92. The lowest BCUT2D eigenvalue weighted by molar-refractivity contribution is 0.0686. The molecule has 0 aliphatic heterocycles. The van der Waals surface area contributed by atoms with E-state index in [-0.39, 0.29) is 5.69 Å². The van der Waals surface area contributed by atoms with Gasteiger partial charge in [-0.1, -0.05) is 12.1 Å². The number of para-hydroxylation sites is 1. The molecular weight excluding hydrogens is 274 g/mol. The minimum absolute atomic E-state index is 0.108. The first-order valence-electron chi connectivity index (χ1n) is 6.27. The first kappa shape index (κ1) is 14.7. The Labute approximate surface area is 122 Å². The number of nitrogens with zero attached hydrogens (tertiary/aromatic N) is 2. The molecule has 0 atom stereocenters. The third-order valence-corrected chi connectivity index (χ3v) is 3.10. The van der Waals surface area contributed by atoms with Crippen molar-refractivity contribution in [2.24, 2.45) is 7.05 Å². The number of anilines is 1. The van der Waals surface area contributed by atoms with E-state index in [1.54, 1.807) is 27.3 Å². The number of aromatic carboxylic acids is 1. The van der Waals surface area contributed by atoms with Crippen LogP contribution in [0.5, 0.6) is 11.5 Å². The van der Waals surface area contributed by atoms with Gasteiger partial charge in [0.25, 0.3) is 0 Å². The Hall–Kier alpha value is -2.70. The number of hydrogen-bond donors (Lipinski definition) is 2. The number of carboxylic acid groups (broad SMARTS) is 1. The Balaban J connectivity index is 2.23. The Kier molecular flexibility index (Phi) is 4.32. The van der Waals surface area contributed by atoms with Crippen LogP contribution in [0, 0.1) is 0 Å². The molecule has 0 bridgehead atoms. The number of ether oxygens (including phenoxy) is 2. The van der Waals surface area contributed by atoms with Crippen LogP contribution in [0.25, 0.3) is 0 Å². The smallest absolute Gasteiger partial charge is 0.356 e. The van der Waals surface area contributed by atoms with Crippen molar-refractivity contribution in [3.63, 3.8) is 0 Å². The lowest BCUT2D eigenvalue weighted by Gasteiger charge is -2.13. The molecule has 0 aliphatic rings. The van der Waals surface area contributed by atoms with Crippen molar-refractivity contribution in [1.29, 1.82) is 0 Å². The molecule has 0 saturated heterocycles. The second-order valence-corrected chi connectivity index (χ2v) is 4.34. The zero-order chi connectivity index (χ0) is 15.4. The predicted octanol–water partition coefficient (Wildman–Crippen LogP) is 1.75. The Morgan fingerprint density at radius 2 is 2.14 bits per heavy atom. The summed E-state index contributed by atoms with van der Waals surface area (Å²) in [5.74, 6) is 0.213. The summed E-state index contributed by atoms with van der Waals surface area (Å²) in [4.78, 5) is 11.2. The lowest BCUT2D eigenvalue weighted by atomic mass is 10.2. The number of hydrogen-bond acceptors (Lipinski definition) is 5. The summed E-state index contributed by atoms with van der Waals surface area (Å²) in [6, 6.07) is 5.53. The van der Waals surface area contributed by atoms with Crippen molar-refractivity contribution in [2.45, 2.75) is 6.54 Å². The summed E-state index contributed by atoms with van der Waals surface area (Å²) < 4.78 is 11.9. The number of carbonyl (C=O) groups is 1. The molecule has 0 amide bonds. The number of nitrogens with one attached hydrogen (secondary N) is 1. The highest BCUT2D eigenvalue weighted by Crippen LogP contribution is 2.31. The van der Waals surface area contributed by atoms with Crippen molar-refractivity contribution in [3.05, 3.63) is 35.7 Å². The molecule has 21 heavy (non-hydrogen) atoms. The molecule has 1 heterocycles. The van der Waals surface area contributed by atoms with Gasteiger partial charge in [0, 0.05) is 19.2 Å². The van der Waals surface area contributed by atoms with Gasteiger partial charge in [-0.05, 0) is 6.07 Å². The van der Waals surface area contributed by atoms with Crippen LogP contribution in [0.1, 0.15) is 16.1 Å². The van der Waals surface area contributed by atoms with Crippen LogP contribution in [-0.2, 0) is 13.6 Å². The Morgan fingerprint density at radius 3 is 2.76 bits per heavy atom. The molecule has 0 aliphatic carbocycles. The molecule has 0 radical (unpaired) electrons. The molecule has 1 aromatic carbocycles. The number of methoxy groups -OCH3 is 2. The second kappa shape index (κ2) is 6.17. The van der Waals surface area contributed by atoms with E-state index in [2.05, 4.69) is 10.4 Å². The maximum absolute atomic E-state index is 11.2. The summed E-state index contributed by atoms with van der Waals surface area (Å²) in [6.07, 6.45) is 1.48. The van der Waals surface area contributed by atoms with Gasteiger partial charge in [0.2, 0.25) is 0 Å². The quantitative estimate of drug-likeness (QED) is 0.843. The van der Waals surface area contributed by atoms with Crippen LogP contribution >= 0.6 is 0 Å². The number of aromatic nitrogens is 2. The fourth-order valence-electron chi connectivity index (χ4n) is 2.10. The second-order valence-electron chi connectivity index (χ2n) is 4.34. The van der Waals surface area contributed by atoms with Gasteiger partial charge in [0.15, 0.2) is 17.2 Å². The SMILES string of the molecule is COc1cccc(CNc2cnn(C)c2C(=O)O)c1OC. The summed E-state index contributed by atoms with van der Waals surface area (Å²) in [5, 5.41) is 16.2. The standard InChI is InChI=1S/C14H17N3O4/c1-17-12(14(18)19)10(8-16-17)15-7-9-5-4-6-11(20-2)13(9)21-3/h4-6,8,15H,7H2,1-3H3,(H,18,19). The summed E-state index contributed by atoms with van der Waals surface area (Å²) in [5.41, 5.74) is 1.42. The maximum Gasteiger partial charge on any atom is 0.356 e. The van der Waals surface area contributed by atoms with Crippen LogP contribution in [0.15, 0.2) is 24.4 Å². The molecule has 7 nitrogen and oxygen atoms in total. The van der Waals surface area contributed by atoms with Gasteiger partial charge in [-0.3, -0.25) is 4.68 Å². The van der Waals surface area contributed by atoms with Crippen LogP contribution in [0.2, 0.25) is 0 Å². The van der Waals surface area contributed by atoms with Gasteiger partial charge in [0.1, 0.15) is 0 Å². The van der Waals surface area contributed by atoms with E-state index in [4.69, 9.17) is 14.6 Å². The fraction of sp³-hybridized carbons (Fsp3) is 0.286. The molecule has 1 aromatic heterocycles. The lowest BCUT2D eigenvalue weighted by Crippen LogP contribution is -2.10. The summed E-state index contributed by atoms with van der Waals surface area (Å²) >= 11 is 0. The van der Waals surface area contributed by atoms with E-state index in [0.29, 0.717) is 23.7 Å². The first-order valence-corrected chi connectivity index (χ1v) is 6.27. The van der Waals surface area contributed by atoms with Gasteiger partial charge in [-0.2, -0.15) is 5.10 Å². The monoisotopic (exact) mass is 291 g/mol. The van der Waals surface area contributed by atoms with Crippen LogP contribution in [0.3, 0.4) is 0 Å². The van der Waals surface area contributed by atoms with Crippen molar-refractivity contribution >= 4 is 11.7 Å². The fourth-order valence-corrected chi connectivity index (χ4v) is 2.10. The molecule has 2 N–H and O–H groups in total. The van der Waals surface area contributed by atoms with E-state index in [9.17, 15) is 4.79 Å². The molecule has 2 rings (SSSR count). The number of rotatable bonds is 6. The topological polar surface area (TPSA) is 85.6 Å². The van der Waals surface area contributed by atoms with Crippen LogP contribution in [0.4, 0.5) is 5.69 Å². The highest BCUT2D eigenvalue weighted by Gasteiger charge is 2.16. The van der Waals surface area contributed by atoms with Gasteiger partial charge in [-0.25, -0.2) is 4.79 Å². The zero-order valence-corrected chi connectivity index (χ0v) is 12.1. The normalized spacial score (nSPS) is 10.2. The summed E-state index contributed by atoms with van der Waals surface area (Å²) in [6.45, 7) is 0.395. The summed E-state index contributed by atoms with van der Waals surface area (Å²) in [7, 11) is 4.72. The van der Waals surface area contributed by atoms with E-state index in [1.165, 1.54) is 10.9 Å². The van der Waals surface area contributed by atoms with Crippen molar-refractivity contribution in [2.75, 3.05) is 19.5 Å². The van der Waals surface area contributed by atoms with E-state index in [1.807, 2.05) is 12.1 Å². The Morgan fingerprint density at radius 1 is 1.38 bits per heavy atom. The number of benzene rings is 1. The van der Waals surface area contributed by atoms with E-state index in [0.717, 1.165) is 5.56 Å². The third kappa shape index (κ3) is 2.91. The number of carboxylic acids is 1. The van der Waals surface area contributed by atoms with Gasteiger partial charge >= 0.3 is 5.97 Å². The average molecular weight is 291 g/mol. The minimum atomic E-state index is -1.03. The van der Waals surface area contributed by atoms with Crippen LogP contribution < -0.4 is 14.8 Å². The molecular formula is C14H17N3O4. The molecule has 0 fully saturated rings. The number of aryl methyl sites for hydroxylation is 1. The molecule has 2 aromatic rings. The van der Waals surface area contributed by atoms with Crippen molar-refractivity contribution in [1.82, 2.24) is 9.78 Å². The van der Waals surface area contributed by atoms with E-state index < -0.39 is 5.97 Å². The van der Waals surface area contributed by atoms with Gasteiger partial charge in [0.05, 0.1) is 26.1 Å². The van der Waals surface area contributed by atoms with Crippen LogP contribution in [-0.4, -0.2) is 35.1 Å². The van der Waals surface area contributed by atoms with Gasteiger partial charge < -0.3 is 19.9 Å². The van der Waals surface area contributed by atoms with E-state index >= 15 is 0 Å². The molecule has 0 unspecified atom stereocenters. The minimum Gasteiger partial charge on any atom is -0.493 e.